The molecule has 0 radical (unpaired) electrons. The molecule has 0 atom stereocenters. The molecule has 0 aliphatic carbocycles. The number of rotatable bonds is 6. The van der Waals surface area contributed by atoms with E-state index < -0.39 is 11.7 Å². The SMILES string of the molecule is CN(CCc1ccc(F)cc1)C(=O)CCc1nc2cc(C(F)(F)F)ccc2s1. The Labute approximate surface area is 163 Å². The van der Waals surface area contributed by atoms with Crippen LogP contribution >= 0.6 is 11.3 Å². The second kappa shape index (κ2) is 8.26. The number of carbonyl (C=O) groups is 1. The van der Waals surface area contributed by atoms with Crippen LogP contribution in [0.5, 0.6) is 0 Å². The summed E-state index contributed by atoms with van der Waals surface area (Å²) >= 11 is 1.30. The number of aryl methyl sites for hydroxylation is 1. The number of hydrogen-bond acceptors (Lipinski definition) is 3. The Morgan fingerprint density at radius 1 is 1.11 bits per heavy atom. The largest absolute Gasteiger partial charge is 0.416 e. The minimum absolute atomic E-state index is 0.0719. The zero-order chi connectivity index (χ0) is 20.3. The van der Waals surface area contributed by atoms with E-state index in [1.165, 1.54) is 29.5 Å². The Kier molecular flexibility index (Phi) is 5.98. The van der Waals surface area contributed by atoms with Gasteiger partial charge in [0, 0.05) is 26.4 Å². The second-order valence-electron chi connectivity index (χ2n) is 6.48. The van der Waals surface area contributed by atoms with E-state index in [1.54, 1.807) is 24.1 Å². The van der Waals surface area contributed by atoms with E-state index in [-0.39, 0.29) is 18.1 Å². The number of alkyl halides is 3. The number of halogens is 4. The van der Waals surface area contributed by atoms with Gasteiger partial charge in [0.2, 0.25) is 5.91 Å². The molecular formula is C20H18F4N2OS. The van der Waals surface area contributed by atoms with Gasteiger partial charge in [-0.1, -0.05) is 12.1 Å². The van der Waals surface area contributed by atoms with Crippen molar-refractivity contribution in [2.24, 2.45) is 0 Å². The van der Waals surface area contributed by atoms with Gasteiger partial charge in [0.25, 0.3) is 0 Å². The summed E-state index contributed by atoms with van der Waals surface area (Å²) in [4.78, 5) is 18.1. The molecule has 0 spiro atoms. The fourth-order valence-corrected chi connectivity index (χ4v) is 3.68. The lowest BCUT2D eigenvalue weighted by molar-refractivity contribution is -0.137. The Bertz CT molecular complexity index is 966. The molecule has 0 aliphatic rings. The summed E-state index contributed by atoms with van der Waals surface area (Å²) in [5, 5.41) is 0.634. The molecule has 8 heteroatoms. The molecule has 28 heavy (non-hydrogen) atoms. The first-order chi connectivity index (χ1) is 13.2. The Balaban J connectivity index is 1.55. The fourth-order valence-electron chi connectivity index (χ4n) is 2.74. The molecule has 1 heterocycles. The maximum absolute atomic E-state index is 12.9. The molecule has 0 fully saturated rings. The maximum Gasteiger partial charge on any atom is 0.416 e. The van der Waals surface area contributed by atoms with E-state index in [2.05, 4.69) is 4.98 Å². The van der Waals surface area contributed by atoms with Gasteiger partial charge in [0.15, 0.2) is 0 Å². The van der Waals surface area contributed by atoms with Crippen LogP contribution in [-0.2, 0) is 23.8 Å². The molecule has 3 nitrogen and oxygen atoms in total. The maximum atomic E-state index is 12.9. The molecule has 0 N–H and O–H groups in total. The predicted octanol–water partition coefficient (Wildman–Crippen LogP) is 5.09. The molecule has 0 saturated carbocycles. The monoisotopic (exact) mass is 410 g/mol. The van der Waals surface area contributed by atoms with E-state index in [0.29, 0.717) is 34.6 Å². The second-order valence-corrected chi connectivity index (χ2v) is 7.59. The van der Waals surface area contributed by atoms with E-state index in [1.807, 2.05) is 0 Å². The van der Waals surface area contributed by atoms with Crippen LogP contribution in [-0.4, -0.2) is 29.4 Å². The third-order valence-electron chi connectivity index (χ3n) is 4.39. The molecule has 2 aromatic carbocycles. The number of benzene rings is 2. The third-order valence-corrected chi connectivity index (χ3v) is 5.48. The summed E-state index contributed by atoms with van der Waals surface area (Å²) in [6, 6.07) is 9.62. The average molecular weight is 410 g/mol. The smallest absolute Gasteiger partial charge is 0.345 e. The number of nitrogens with zero attached hydrogens (tertiary/aromatic N) is 2. The van der Waals surface area contributed by atoms with Crippen molar-refractivity contribution in [2.45, 2.75) is 25.4 Å². The number of carbonyl (C=O) groups excluding carboxylic acids is 1. The van der Waals surface area contributed by atoms with Crippen molar-refractivity contribution in [1.29, 1.82) is 0 Å². The number of amides is 1. The van der Waals surface area contributed by atoms with Crippen molar-refractivity contribution < 1.29 is 22.4 Å². The molecule has 0 bridgehead atoms. The van der Waals surface area contributed by atoms with Crippen molar-refractivity contribution >= 4 is 27.5 Å². The minimum atomic E-state index is -4.40. The zero-order valence-electron chi connectivity index (χ0n) is 15.1. The summed E-state index contributed by atoms with van der Waals surface area (Å²) in [5.74, 6) is -0.372. The van der Waals surface area contributed by atoms with Gasteiger partial charge in [-0.15, -0.1) is 11.3 Å². The third kappa shape index (κ3) is 5.07. The topological polar surface area (TPSA) is 33.2 Å². The summed E-state index contributed by atoms with van der Waals surface area (Å²) in [6.07, 6.45) is -3.18. The highest BCUT2D eigenvalue weighted by atomic mass is 32.1. The van der Waals surface area contributed by atoms with Crippen LogP contribution in [0, 0.1) is 5.82 Å². The number of fused-ring (bicyclic) bond motifs is 1. The zero-order valence-corrected chi connectivity index (χ0v) is 15.9. The molecule has 1 aromatic heterocycles. The van der Waals surface area contributed by atoms with Crippen LogP contribution in [0.1, 0.15) is 22.6 Å². The van der Waals surface area contributed by atoms with Gasteiger partial charge < -0.3 is 4.90 Å². The quantitative estimate of drug-likeness (QED) is 0.531. The van der Waals surface area contributed by atoms with Crippen LogP contribution in [0.25, 0.3) is 10.2 Å². The first kappa shape index (κ1) is 20.3. The Morgan fingerprint density at radius 3 is 2.50 bits per heavy atom. The summed E-state index contributed by atoms with van der Waals surface area (Å²) in [5.41, 5.74) is 0.507. The van der Waals surface area contributed by atoms with Crippen LogP contribution in [0.3, 0.4) is 0 Å². The van der Waals surface area contributed by atoms with Crippen LogP contribution in [0.15, 0.2) is 42.5 Å². The fraction of sp³-hybridized carbons (Fsp3) is 0.300. The summed E-state index contributed by atoms with van der Waals surface area (Å²) in [6.45, 7) is 0.499. The number of aromatic nitrogens is 1. The average Bonchev–Trinajstić information content (AvgIpc) is 3.06. The van der Waals surface area contributed by atoms with E-state index >= 15 is 0 Å². The lowest BCUT2D eigenvalue weighted by Crippen LogP contribution is -2.29. The molecule has 0 aliphatic heterocycles. The molecule has 0 unspecified atom stereocenters. The van der Waals surface area contributed by atoms with Crippen molar-refractivity contribution in [3.63, 3.8) is 0 Å². The van der Waals surface area contributed by atoms with Crippen LogP contribution < -0.4 is 0 Å². The van der Waals surface area contributed by atoms with Gasteiger partial charge in [0.1, 0.15) is 5.82 Å². The Hall–Kier alpha value is -2.48. The van der Waals surface area contributed by atoms with E-state index in [9.17, 15) is 22.4 Å². The van der Waals surface area contributed by atoms with E-state index in [0.717, 1.165) is 17.7 Å². The van der Waals surface area contributed by atoms with Crippen molar-refractivity contribution in [3.05, 3.63) is 64.4 Å². The molecule has 148 valence electrons. The van der Waals surface area contributed by atoms with Crippen molar-refractivity contribution in [3.8, 4) is 0 Å². The van der Waals surface area contributed by atoms with Gasteiger partial charge >= 0.3 is 6.18 Å². The Morgan fingerprint density at radius 2 is 1.82 bits per heavy atom. The van der Waals surface area contributed by atoms with E-state index in [4.69, 9.17) is 0 Å². The first-order valence-electron chi connectivity index (χ1n) is 8.67. The van der Waals surface area contributed by atoms with Crippen LogP contribution in [0.2, 0.25) is 0 Å². The van der Waals surface area contributed by atoms with Gasteiger partial charge in [-0.2, -0.15) is 13.2 Å². The lowest BCUT2D eigenvalue weighted by atomic mass is 10.1. The normalized spacial score (nSPS) is 11.8. The molecular weight excluding hydrogens is 392 g/mol. The molecule has 3 aromatic rings. The molecule has 0 saturated heterocycles. The standard InChI is InChI=1S/C20H18F4N2OS/c1-26(11-10-13-2-5-15(21)6-3-13)19(27)9-8-18-25-16-12-14(20(22,23)24)4-7-17(16)28-18/h2-7,12H,8-11H2,1H3. The number of likely N-dealkylation sites (N-methyl/N-ethyl adjacent to an activating group) is 1. The van der Waals surface area contributed by atoms with Gasteiger partial charge in [-0.05, 0) is 42.3 Å². The summed E-state index contributed by atoms with van der Waals surface area (Å²) < 4.78 is 51.9. The lowest BCUT2D eigenvalue weighted by Gasteiger charge is -2.16. The molecule has 1 amide bonds. The first-order valence-corrected chi connectivity index (χ1v) is 9.49. The predicted molar refractivity (Wildman–Crippen MR) is 101 cm³/mol. The highest BCUT2D eigenvalue weighted by Gasteiger charge is 2.30. The highest BCUT2D eigenvalue weighted by Crippen LogP contribution is 2.33. The van der Waals surface area contributed by atoms with Crippen molar-refractivity contribution in [1.82, 2.24) is 9.88 Å². The highest BCUT2D eigenvalue weighted by molar-refractivity contribution is 7.18. The number of thiazole rings is 1. The van der Waals surface area contributed by atoms with Gasteiger partial charge in [0.05, 0.1) is 20.8 Å². The van der Waals surface area contributed by atoms with Gasteiger partial charge in [-0.3, -0.25) is 4.79 Å². The molecule has 3 rings (SSSR count). The summed E-state index contributed by atoms with van der Waals surface area (Å²) in [7, 11) is 1.69. The van der Waals surface area contributed by atoms with Gasteiger partial charge in [-0.25, -0.2) is 9.37 Å². The van der Waals surface area contributed by atoms with Crippen LogP contribution in [0.4, 0.5) is 17.6 Å². The van der Waals surface area contributed by atoms with Crippen molar-refractivity contribution in [2.75, 3.05) is 13.6 Å². The number of hydrogen-bond donors (Lipinski definition) is 0. The minimum Gasteiger partial charge on any atom is -0.345 e.